The van der Waals surface area contributed by atoms with Crippen LogP contribution in [0.4, 0.5) is 0 Å². The Kier molecular flexibility index (Phi) is 4.54. The standard InChI is InChI=1S/C14H12N2O4S/c1-8-7-11(16-12(15-8)14(19)20-2)21-10-6-4-3-5-9(10)13(17)18/h3-7H,1-2H3,(H,17,18). The number of benzene rings is 1. The average Bonchev–Trinajstić information content (AvgIpc) is 2.46. The lowest BCUT2D eigenvalue weighted by atomic mass is 10.2. The van der Waals surface area contributed by atoms with Crippen LogP contribution in [0, 0.1) is 6.92 Å². The molecule has 0 radical (unpaired) electrons. The molecule has 1 N–H and O–H groups in total. The Morgan fingerprint density at radius 3 is 2.62 bits per heavy atom. The van der Waals surface area contributed by atoms with Gasteiger partial charge in [0, 0.05) is 10.6 Å². The lowest BCUT2D eigenvalue weighted by Gasteiger charge is -2.06. The number of ether oxygens (including phenoxy) is 1. The van der Waals surface area contributed by atoms with Gasteiger partial charge in [-0.05, 0) is 25.1 Å². The van der Waals surface area contributed by atoms with Gasteiger partial charge in [-0.3, -0.25) is 0 Å². The van der Waals surface area contributed by atoms with Crippen molar-refractivity contribution in [3.8, 4) is 0 Å². The number of carbonyl (C=O) groups is 2. The molecule has 21 heavy (non-hydrogen) atoms. The minimum atomic E-state index is -1.02. The second kappa shape index (κ2) is 6.36. The number of hydrogen-bond donors (Lipinski definition) is 1. The Morgan fingerprint density at radius 1 is 1.24 bits per heavy atom. The van der Waals surface area contributed by atoms with Crippen molar-refractivity contribution in [2.24, 2.45) is 0 Å². The van der Waals surface area contributed by atoms with Gasteiger partial charge in [0.1, 0.15) is 5.03 Å². The molecule has 0 atom stereocenters. The van der Waals surface area contributed by atoms with E-state index in [2.05, 4.69) is 14.7 Å². The second-order valence-corrected chi connectivity index (χ2v) is 5.13. The summed E-state index contributed by atoms with van der Waals surface area (Å²) in [4.78, 5) is 31.3. The number of esters is 1. The molecule has 0 spiro atoms. The van der Waals surface area contributed by atoms with Crippen molar-refractivity contribution in [1.29, 1.82) is 0 Å². The maximum absolute atomic E-state index is 11.5. The summed E-state index contributed by atoms with van der Waals surface area (Å²) >= 11 is 1.16. The number of aromatic carboxylic acids is 1. The van der Waals surface area contributed by atoms with Gasteiger partial charge in [0.05, 0.1) is 12.7 Å². The van der Waals surface area contributed by atoms with Crippen LogP contribution in [0.2, 0.25) is 0 Å². The summed E-state index contributed by atoms with van der Waals surface area (Å²) in [5.41, 5.74) is 0.777. The minimum absolute atomic E-state index is 0.0483. The summed E-state index contributed by atoms with van der Waals surface area (Å²) in [5.74, 6) is -1.70. The summed E-state index contributed by atoms with van der Waals surface area (Å²) in [6.07, 6.45) is 0. The predicted octanol–water partition coefficient (Wildman–Crippen LogP) is 2.42. The van der Waals surface area contributed by atoms with Crippen LogP contribution < -0.4 is 0 Å². The SMILES string of the molecule is COC(=O)c1nc(C)cc(Sc2ccccc2C(=O)O)n1. The molecule has 1 aromatic carbocycles. The summed E-state index contributed by atoms with van der Waals surface area (Å²) in [7, 11) is 1.25. The van der Waals surface area contributed by atoms with E-state index < -0.39 is 11.9 Å². The van der Waals surface area contributed by atoms with Crippen molar-refractivity contribution < 1.29 is 19.4 Å². The number of aryl methyl sites for hydroxylation is 1. The molecule has 0 aliphatic rings. The van der Waals surface area contributed by atoms with E-state index in [1.807, 2.05) is 0 Å². The van der Waals surface area contributed by atoms with E-state index >= 15 is 0 Å². The van der Waals surface area contributed by atoms with Gasteiger partial charge in [-0.1, -0.05) is 23.9 Å². The molecule has 0 unspecified atom stereocenters. The van der Waals surface area contributed by atoms with Crippen LogP contribution >= 0.6 is 11.8 Å². The third-order valence-electron chi connectivity index (χ3n) is 2.53. The van der Waals surface area contributed by atoms with E-state index in [1.165, 1.54) is 13.2 Å². The fourth-order valence-corrected chi connectivity index (χ4v) is 2.62. The first kappa shape index (κ1) is 15.0. The zero-order chi connectivity index (χ0) is 15.4. The fourth-order valence-electron chi connectivity index (χ4n) is 1.62. The van der Waals surface area contributed by atoms with Gasteiger partial charge in [0.25, 0.3) is 0 Å². The Balaban J connectivity index is 2.38. The average molecular weight is 304 g/mol. The number of carboxylic acids is 1. The molecule has 0 saturated carbocycles. The highest BCUT2D eigenvalue weighted by molar-refractivity contribution is 7.99. The van der Waals surface area contributed by atoms with Crippen LogP contribution in [0.3, 0.4) is 0 Å². The lowest BCUT2D eigenvalue weighted by molar-refractivity contribution is 0.0584. The molecule has 0 fully saturated rings. The van der Waals surface area contributed by atoms with Gasteiger partial charge in [-0.25, -0.2) is 19.6 Å². The molecule has 1 heterocycles. The molecular formula is C14H12N2O4S. The van der Waals surface area contributed by atoms with Crippen LogP contribution in [0.1, 0.15) is 26.7 Å². The Labute approximate surface area is 125 Å². The highest BCUT2D eigenvalue weighted by atomic mass is 32.2. The topological polar surface area (TPSA) is 89.4 Å². The summed E-state index contributed by atoms with van der Waals surface area (Å²) in [6, 6.07) is 8.27. The summed E-state index contributed by atoms with van der Waals surface area (Å²) in [5, 5.41) is 9.64. The number of rotatable bonds is 4. The van der Waals surface area contributed by atoms with Crippen LogP contribution in [0.15, 0.2) is 40.3 Å². The van der Waals surface area contributed by atoms with Crippen molar-refractivity contribution in [2.75, 3.05) is 7.11 Å². The number of aromatic nitrogens is 2. The second-order valence-electron chi connectivity index (χ2n) is 4.07. The maximum Gasteiger partial charge on any atom is 0.376 e. The fraction of sp³-hybridized carbons (Fsp3) is 0.143. The third-order valence-corrected chi connectivity index (χ3v) is 3.52. The highest BCUT2D eigenvalue weighted by Crippen LogP contribution is 2.29. The zero-order valence-corrected chi connectivity index (χ0v) is 12.2. The quantitative estimate of drug-likeness (QED) is 0.685. The van der Waals surface area contributed by atoms with Crippen LogP contribution in [-0.4, -0.2) is 34.1 Å². The number of nitrogens with zero attached hydrogens (tertiary/aromatic N) is 2. The minimum Gasteiger partial charge on any atom is -0.478 e. The number of carbonyl (C=O) groups excluding carboxylic acids is 1. The van der Waals surface area contributed by atoms with Gasteiger partial charge >= 0.3 is 11.9 Å². The van der Waals surface area contributed by atoms with Crippen molar-refractivity contribution in [1.82, 2.24) is 9.97 Å². The lowest BCUT2D eigenvalue weighted by Crippen LogP contribution is -2.09. The Morgan fingerprint density at radius 2 is 1.95 bits per heavy atom. The number of methoxy groups -OCH3 is 1. The van der Waals surface area contributed by atoms with Gasteiger partial charge < -0.3 is 9.84 Å². The maximum atomic E-state index is 11.5. The molecule has 7 heteroatoms. The molecule has 0 bridgehead atoms. The van der Waals surface area contributed by atoms with Gasteiger partial charge in [0.15, 0.2) is 0 Å². The van der Waals surface area contributed by atoms with Gasteiger partial charge in [-0.2, -0.15) is 0 Å². The molecule has 2 rings (SSSR count). The first-order chi connectivity index (χ1) is 10.0. The largest absolute Gasteiger partial charge is 0.478 e. The summed E-state index contributed by atoms with van der Waals surface area (Å²) < 4.78 is 4.59. The molecule has 6 nitrogen and oxygen atoms in total. The van der Waals surface area contributed by atoms with Gasteiger partial charge in [-0.15, -0.1) is 0 Å². The Hall–Kier alpha value is -2.41. The van der Waals surface area contributed by atoms with E-state index in [-0.39, 0.29) is 11.4 Å². The Bertz CT molecular complexity index is 703. The molecule has 0 amide bonds. The first-order valence-electron chi connectivity index (χ1n) is 5.95. The molecule has 1 aromatic heterocycles. The van der Waals surface area contributed by atoms with Crippen molar-refractivity contribution >= 4 is 23.7 Å². The number of carboxylic acid groups (broad SMARTS) is 1. The first-order valence-corrected chi connectivity index (χ1v) is 6.77. The van der Waals surface area contributed by atoms with Gasteiger partial charge in [0.2, 0.25) is 5.82 Å². The smallest absolute Gasteiger partial charge is 0.376 e. The van der Waals surface area contributed by atoms with Crippen LogP contribution in [-0.2, 0) is 4.74 Å². The van der Waals surface area contributed by atoms with Crippen molar-refractivity contribution in [3.63, 3.8) is 0 Å². The van der Waals surface area contributed by atoms with Crippen molar-refractivity contribution in [2.45, 2.75) is 16.8 Å². The normalized spacial score (nSPS) is 10.2. The predicted molar refractivity (Wildman–Crippen MR) is 75.6 cm³/mol. The molecule has 0 aliphatic heterocycles. The zero-order valence-electron chi connectivity index (χ0n) is 11.4. The molecule has 0 saturated heterocycles. The molecule has 0 aliphatic carbocycles. The van der Waals surface area contributed by atoms with Crippen LogP contribution in [0.5, 0.6) is 0 Å². The van der Waals surface area contributed by atoms with Crippen molar-refractivity contribution in [3.05, 3.63) is 47.4 Å². The number of hydrogen-bond acceptors (Lipinski definition) is 6. The van der Waals surface area contributed by atoms with E-state index in [1.54, 1.807) is 31.2 Å². The molecule has 108 valence electrons. The van der Waals surface area contributed by atoms with E-state index in [9.17, 15) is 9.59 Å². The van der Waals surface area contributed by atoms with Crippen LogP contribution in [0.25, 0.3) is 0 Å². The van der Waals surface area contributed by atoms with E-state index in [0.717, 1.165) is 11.8 Å². The highest BCUT2D eigenvalue weighted by Gasteiger charge is 2.15. The third kappa shape index (κ3) is 3.57. The summed E-state index contributed by atoms with van der Waals surface area (Å²) in [6.45, 7) is 1.72. The molecular weight excluding hydrogens is 292 g/mol. The van der Waals surface area contributed by atoms with E-state index in [4.69, 9.17) is 5.11 Å². The molecule has 2 aromatic rings. The van der Waals surface area contributed by atoms with E-state index in [0.29, 0.717) is 15.6 Å². The monoisotopic (exact) mass is 304 g/mol.